The molecular weight excluding hydrogens is 274 g/mol. The van der Waals surface area contributed by atoms with Gasteiger partial charge < -0.3 is 10.2 Å². The Balaban J connectivity index is 1.80. The molecule has 1 aromatic rings. The molecule has 0 aliphatic carbocycles. The Hall–Kier alpha value is -1.43. The van der Waals surface area contributed by atoms with Gasteiger partial charge in [0.25, 0.3) is 0 Å². The Kier molecular flexibility index (Phi) is 4.42. The highest BCUT2D eigenvalue weighted by Gasteiger charge is 2.39. The summed E-state index contributed by atoms with van der Waals surface area (Å²) in [5.41, 5.74) is -0.215. The van der Waals surface area contributed by atoms with E-state index < -0.39 is 0 Å². The zero-order valence-electron chi connectivity index (χ0n) is 12.2. The average Bonchev–Trinajstić information content (AvgIpc) is 2.97. The normalized spacial score (nSPS) is 19.4. The van der Waals surface area contributed by atoms with Crippen molar-refractivity contribution in [1.82, 2.24) is 15.2 Å². The first-order valence-corrected chi connectivity index (χ1v) is 7.72. The van der Waals surface area contributed by atoms with Crippen LogP contribution in [0.25, 0.3) is 0 Å². The van der Waals surface area contributed by atoms with Gasteiger partial charge in [-0.05, 0) is 20.8 Å². The van der Waals surface area contributed by atoms with E-state index in [4.69, 9.17) is 0 Å². The van der Waals surface area contributed by atoms with Crippen molar-refractivity contribution in [3.05, 3.63) is 16.6 Å². The third-order valence-electron chi connectivity index (χ3n) is 3.43. The summed E-state index contributed by atoms with van der Waals surface area (Å²) in [6.45, 7) is 7.08. The lowest BCUT2D eigenvalue weighted by Crippen LogP contribution is -2.43. The van der Waals surface area contributed by atoms with Gasteiger partial charge in [0.1, 0.15) is 0 Å². The van der Waals surface area contributed by atoms with Crippen molar-refractivity contribution >= 4 is 23.2 Å². The molecule has 6 heteroatoms. The maximum atomic E-state index is 12.1. The lowest BCUT2D eigenvalue weighted by atomic mass is 10.1. The van der Waals surface area contributed by atoms with Crippen LogP contribution in [0, 0.1) is 5.92 Å². The number of aromatic nitrogens is 1. The van der Waals surface area contributed by atoms with Crippen molar-refractivity contribution in [1.29, 1.82) is 0 Å². The molecule has 0 aromatic carbocycles. The number of nitrogens with one attached hydrogen (secondary N) is 1. The molecule has 2 rings (SSSR count). The Bertz CT molecular complexity index is 479. The molecule has 1 saturated heterocycles. The lowest BCUT2D eigenvalue weighted by Gasteiger charge is -2.31. The molecule has 0 saturated carbocycles. The highest BCUT2D eigenvalue weighted by molar-refractivity contribution is 7.09. The Morgan fingerprint density at radius 3 is 2.85 bits per heavy atom. The predicted octanol–water partition coefficient (Wildman–Crippen LogP) is 1.45. The van der Waals surface area contributed by atoms with Gasteiger partial charge in [-0.3, -0.25) is 9.59 Å². The van der Waals surface area contributed by atoms with Crippen LogP contribution in [0.1, 0.15) is 32.2 Å². The molecule has 2 heterocycles. The van der Waals surface area contributed by atoms with Crippen LogP contribution in [0.3, 0.4) is 0 Å². The Morgan fingerprint density at radius 1 is 1.55 bits per heavy atom. The molecule has 1 N–H and O–H groups in total. The second-order valence-electron chi connectivity index (χ2n) is 6.04. The summed E-state index contributed by atoms with van der Waals surface area (Å²) < 4.78 is 0. The second kappa shape index (κ2) is 5.91. The van der Waals surface area contributed by atoms with Crippen molar-refractivity contribution in [2.45, 2.75) is 39.2 Å². The Morgan fingerprint density at radius 2 is 2.30 bits per heavy atom. The number of thiazole rings is 1. The second-order valence-corrected chi connectivity index (χ2v) is 7.02. The number of likely N-dealkylation sites (tertiary alicyclic amines) is 1. The van der Waals surface area contributed by atoms with Crippen molar-refractivity contribution in [2.24, 2.45) is 5.92 Å². The first kappa shape index (κ1) is 15.0. The molecule has 0 radical (unpaired) electrons. The minimum atomic E-state index is -0.224. The molecule has 1 fully saturated rings. The molecule has 20 heavy (non-hydrogen) atoms. The number of hydrogen-bond donors (Lipinski definition) is 1. The number of carbonyl (C=O) groups excluding carboxylic acids is 2. The fourth-order valence-electron chi connectivity index (χ4n) is 2.34. The number of amides is 2. The van der Waals surface area contributed by atoms with Crippen LogP contribution in [0.5, 0.6) is 0 Å². The summed E-state index contributed by atoms with van der Waals surface area (Å²) in [6, 6.07) is 0. The molecule has 1 aromatic heterocycles. The fourth-order valence-corrected chi connectivity index (χ4v) is 2.97. The number of hydrogen-bond acceptors (Lipinski definition) is 4. The van der Waals surface area contributed by atoms with Crippen LogP contribution in [-0.2, 0) is 16.0 Å². The van der Waals surface area contributed by atoms with Crippen molar-refractivity contribution in [3.8, 4) is 0 Å². The van der Waals surface area contributed by atoms with Crippen molar-refractivity contribution in [3.63, 3.8) is 0 Å². The van der Waals surface area contributed by atoms with E-state index in [0.29, 0.717) is 19.5 Å². The number of rotatable bonds is 4. The van der Waals surface area contributed by atoms with E-state index in [1.807, 2.05) is 26.2 Å². The smallest absolute Gasteiger partial charge is 0.225 e. The van der Waals surface area contributed by atoms with Gasteiger partial charge in [0, 0.05) is 43.0 Å². The summed E-state index contributed by atoms with van der Waals surface area (Å²) >= 11 is 1.59. The predicted molar refractivity (Wildman–Crippen MR) is 78.4 cm³/mol. The monoisotopic (exact) mass is 295 g/mol. The quantitative estimate of drug-likeness (QED) is 0.914. The largest absolute Gasteiger partial charge is 0.355 e. The lowest BCUT2D eigenvalue weighted by molar-refractivity contribution is -0.132. The molecule has 2 amide bonds. The van der Waals surface area contributed by atoms with Crippen LogP contribution < -0.4 is 5.32 Å². The minimum Gasteiger partial charge on any atom is -0.355 e. The summed E-state index contributed by atoms with van der Waals surface area (Å²) in [4.78, 5) is 30.0. The molecule has 0 spiro atoms. The van der Waals surface area contributed by atoms with E-state index in [1.165, 1.54) is 0 Å². The van der Waals surface area contributed by atoms with Crippen LogP contribution in [0.2, 0.25) is 0 Å². The molecule has 110 valence electrons. The van der Waals surface area contributed by atoms with Crippen LogP contribution in [-0.4, -0.2) is 40.3 Å². The van der Waals surface area contributed by atoms with Crippen LogP contribution in [0.4, 0.5) is 0 Å². The summed E-state index contributed by atoms with van der Waals surface area (Å²) in [6.07, 6.45) is 2.83. The summed E-state index contributed by atoms with van der Waals surface area (Å²) in [5.74, 6) is -0.183. The minimum absolute atomic E-state index is 0.0262. The van der Waals surface area contributed by atoms with Crippen LogP contribution >= 0.6 is 11.3 Å². The Labute approximate surface area is 123 Å². The van der Waals surface area contributed by atoms with Gasteiger partial charge in [-0.1, -0.05) is 0 Å². The van der Waals surface area contributed by atoms with Gasteiger partial charge in [0.15, 0.2) is 0 Å². The van der Waals surface area contributed by atoms with E-state index in [0.717, 1.165) is 11.4 Å². The highest BCUT2D eigenvalue weighted by Crippen LogP contribution is 2.25. The zero-order valence-corrected chi connectivity index (χ0v) is 13.0. The maximum absolute atomic E-state index is 12.1. The van der Waals surface area contributed by atoms with Crippen molar-refractivity contribution < 1.29 is 9.59 Å². The SMILES string of the molecule is CC(C)(C)N1CC(C(=O)NCCc2nccs2)CC1=O. The van der Waals surface area contributed by atoms with Gasteiger partial charge in [0.2, 0.25) is 11.8 Å². The third kappa shape index (κ3) is 3.56. The summed E-state index contributed by atoms with van der Waals surface area (Å²) in [5, 5.41) is 5.85. The van der Waals surface area contributed by atoms with E-state index >= 15 is 0 Å². The van der Waals surface area contributed by atoms with Gasteiger partial charge in [-0.25, -0.2) is 4.98 Å². The topological polar surface area (TPSA) is 62.3 Å². The van der Waals surface area contributed by atoms with E-state index in [1.54, 1.807) is 22.4 Å². The van der Waals surface area contributed by atoms with Crippen LogP contribution in [0.15, 0.2) is 11.6 Å². The molecule has 1 atom stereocenters. The van der Waals surface area contributed by atoms with Gasteiger partial charge in [-0.15, -0.1) is 11.3 Å². The van der Waals surface area contributed by atoms with Gasteiger partial charge >= 0.3 is 0 Å². The molecule has 1 aliphatic rings. The molecular formula is C14H21N3O2S. The first-order valence-electron chi connectivity index (χ1n) is 6.84. The van der Waals surface area contributed by atoms with Crippen molar-refractivity contribution in [2.75, 3.05) is 13.1 Å². The number of carbonyl (C=O) groups is 2. The fraction of sp³-hybridized carbons (Fsp3) is 0.643. The standard InChI is InChI=1S/C14H21N3O2S/c1-14(2,3)17-9-10(8-12(17)18)13(19)16-5-4-11-15-6-7-20-11/h6-7,10H,4-5,8-9H2,1-3H3,(H,16,19). The van der Waals surface area contributed by atoms with E-state index in [9.17, 15) is 9.59 Å². The number of nitrogens with zero attached hydrogens (tertiary/aromatic N) is 2. The third-order valence-corrected chi connectivity index (χ3v) is 4.27. The first-order chi connectivity index (χ1) is 9.38. The van der Waals surface area contributed by atoms with E-state index in [-0.39, 0.29) is 23.3 Å². The molecule has 1 aliphatic heterocycles. The zero-order chi connectivity index (χ0) is 14.8. The maximum Gasteiger partial charge on any atom is 0.225 e. The molecule has 0 bridgehead atoms. The summed E-state index contributed by atoms with van der Waals surface area (Å²) in [7, 11) is 0. The van der Waals surface area contributed by atoms with E-state index in [2.05, 4.69) is 10.3 Å². The molecule has 1 unspecified atom stereocenters. The van der Waals surface area contributed by atoms with Gasteiger partial charge in [0.05, 0.1) is 10.9 Å². The van der Waals surface area contributed by atoms with Gasteiger partial charge in [-0.2, -0.15) is 0 Å². The molecule has 5 nitrogen and oxygen atoms in total. The highest BCUT2D eigenvalue weighted by atomic mass is 32.1. The average molecular weight is 295 g/mol.